The van der Waals surface area contributed by atoms with E-state index in [9.17, 15) is 9.59 Å². The van der Waals surface area contributed by atoms with Crippen molar-refractivity contribution in [2.45, 2.75) is 20.1 Å². The number of carbonyl (C=O) groups is 2. The van der Waals surface area contributed by atoms with Crippen molar-refractivity contribution in [1.29, 1.82) is 0 Å². The zero-order valence-corrected chi connectivity index (χ0v) is 15.1. The normalized spacial score (nSPS) is 10.3. The van der Waals surface area contributed by atoms with Crippen LogP contribution in [0.5, 0.6) is 0 Å². The van der Waals surface area contributed by atoms with Crippen molar-refractivity contribution in [2.24, 2.45) is 0 Å². The van der Waals surface area contributed by atoms with Crippen LogP contribution in [-0.4, -0.2) is 11.9 Å². The van der Waals surface area contributed by atoms with Gasteiger partial charge in [0.05, 0.1) is 5.56 Å². The molecule has 27 heavy (non-hydrogen) atoms. The van der Waals surface area contributed by atoms with E-state index in [1.54, 1.807) is 24.3 Å². The lowest BCUT2D eigenvalue weighted by Gasteiger charge is -2.07. The fraction of sp³-hybridized carbons (Fsp3) is 0.130. The molecule has 0 saturated carbocycles. The third-order valence-corrected chi connectivity index (χ3v) is 4.16. The highest BCUT2D eigenvalue weighted by atomic mass is 16.5. The molecule has 4 nitrogen and oxygen atoms in total. The molecule has 0 aliphatic heterocycles. The summed E-state index contributed by atoms with van der Waals surface area (Å²) < 4.78 is 5.39. The molecule has 0 aromatic heterocycles. The summed E-state index contributed by atoms with van der Waals surface area (Å²) in [7, 11) is 0. The molecule has 1 amide bonds. The van der Waals surface area contributed by atoms with E-state index in [1.165, 1.54) is 6.92 Å². The summed E-state index contributed by atoms with van der Waals surface area (Å²) in [5.41, 5.74) is 4.63. The molecular weight excluding hydrogens is 338 g/mol. The third-order valence-electron chi connectivity index (χ3n) is 4.16. The molecule has 4 heteroatoms. The second-order valence-corrected chi connectivity index (χ2v) is 6.25. The van der Waals surface area contributed by atoms with Gasteiger partial charge in [0.25, 0.3) is 0 Å². The molecule has 0 fully saturated rings. The van der Waals surface area contributed by atoms with Gasteiger partial charge in [0, 0.05) is 13.5 Å². The largest absolute Gasteiger partial charge is 0.457 e. The maximum atomic E-state index is 12.2. The summed E-state index contributed by atoms with van der Waals surface area (Å²) in [6.07, 6.45) is 0. The standard InChI is InChI=1S/C23H21NO3/c1-17(25)24-15-18-7-13-22(14-8-18)23(26)27-16-19-9-11-21(12-10-19)20-5-3-2-4-6-20/h2-14H,15-16H2,1H3,(H,24,25). The number of hydrogen-bond donors (Lipinski definition) is 1. The lowest BCUT2D eigenvalue weighted by Crippen LogP contribution is -2.18. The molecule has 0 heterocycles. The van der Waals surface area contributed by atoms with Gasteiger partial charge in [0.1, 0.15) is 6.61 Å². The summed E-state index contributed by atoms with van der Waals surface area (Å²) in [6, 6.07) is 25.1. The number of nitrogens with one attached hydrogen (secondary N) is 1. The fourth-order valence-electron chi connectivity index (χ4n) is 2.64. The molecule has 136 valence electrons. The smallest absolute Gasteiger partial charge is 0.338 e. The highest BCUT2D eigenvalue weighted by Gasteiger charge is 2.08. The van der Waals surface area contributed by atoms with Crippen molar-refractivity contribution in [3.63, 3.8) is 0 Å². The minimum absolute atomic E-state index is 0.0863. The van der Waals surface area contributed by atoms with Crippen molar-refractivity contribution in [1.82, 2.24) is 5.32 Å². The third kappa shape index (κ3) is 5.28. The monoisotopic (exact) mass is 359 g/mol. The molecule has 0 saturated heterocycles. The summed E-state index contributed by atoms with van der Waals surface area (Å²) in [4.78, 5) is 23.1. The summed E-state index contributed by atoms with van der Waals surface area (Å²) in [6.45, 7) is 2.14. The van der Waals surface area contributed by atoms with Gasteiger partial charge in [-0.15, -0.1) is 0 Å². The lowest BCUT2D eigenvalue weighted by molar-refractivity contribution is -0.119. The maximum absolute atomic E-state index is 12.2. The minimum Gasteiger partial charge on any atom is -0.457 e. The second kappa shape index (κ2) is 8.81. The number of carbonyl (C=O) groups excluding carboxylic acids is 2. The van der Waals surface area contributed by atoms with Gasteiger partial charge in [0.15, 0.2) is 0 Å². The number of amides is 1. The van der Waals surface area contributed by atoms with Gasteiger partial charge in [-0.3, -0.25) is 4.79 Å². The van der Waals surface area contributed by atoms with Crippen molar-refractivity contribution < 1.29 is 14.3 Å². The van der Waals surface area contributed by atoms with E-state index in [0.717, 1.165) is 22.3 Å². The van der Waals surface area contributed by atoms with E-state index in [4.69, 9.17) is 4.74 Å². The van der Waals surface area contributed by atoms with Gasteiger partial charge in [-0.1, -0.05) is 66.7 Å². The first-order chi connectivity index (χ1) is 13.1. The Morgan fingerprint density at radius 3 is 2.00 bits per heavy atom. The Bertz CT molecular complexity index is 901. The first-order valence-corrected chi connectivity index (χ1v) is 8.77. The summed E-state index contributed by atoms with van der Waals surface area (Å²) in [5, 5.41) is 2.72. The fourth-order valence-corrected chi connectivity index (χ4v) is 2.64. The molecule has 0 atom stereocenters. The molecular formula is C23H21NO3. The predicted octanol–water partition coefficient (Wildman–Crippen LogP) is 4.35. The first-order valence-electron chi connectivity index (χ1n) is 8.77. The van der Waals surface area contributed by atoms with Crippen molar-refractivity contribution in [2.75, 3.05) is 0 Å². The van der Waals surface area contributed by atoms with Crippen LogP contribution in [0.2, 0.25) is 0 Å². The quantitative estimate of drug-likeness (QED) is 0.666. The van der Waals surface area contributed by atoms with Gasteiger partial charge in [-0.25, -0.2) is 4.79 Å². The Kier molecular flexibility index (Phi) is 6.00. The molecule has 0 spiro atoms. The van der Waals surface area contributed by atoms with Crippen LogP contribution >= 0.6 is 0 Å². The van der Waals surface area contributed by atoms with Gasteiger partial charge in [0.2, 0.25) is 5.91 Å². The number of esters is 1. The highest BCUT2D eigenvalue weighted by molar-refractivity contribution is 5.89. The van der Waals surface area contributed by atoms with Crippen molar-refractivity contribution in [3.05, 3.63) is 95.6 Å². The lowest BCUT2D eigenvalue weighted by atomic mass is 10.0. The number of hydrogen-bond acceptors (Lipinski definition) is 3. The van der Waals surface area contributed by atoms with Crippen LogP contribution < -0.4 is 5.32 Å². The summed E-state index contributed by atoms with van der Waals surface area (Å²) >= 11 is 0. The van der Waals surface area contributed by atoms with E-state index >= 15 is 0 Å². The molecule has 0 unspecified atom stereocenters. The Morgan fingerprint density at radius 1 is 0.778 bits per heavy atom. The van der Waals surface area contributed by atoms with Crippen LogP contribution in [0.25, 0.3) is 11.1 Å². The van der Waals surface area contributed by atoms with Crippen LogP contribution in [0.15, 0.2) is 78.9 Å². The SMILES string of the molecule is CC(=O)NCc1ccc(C(=O)OCc2ccc(-c3ccccc3)cc2)cc1. The number of benzene rings is 3. The molecule has 3 aromatic rings. The first kappa shape index (κ1) is 18.4. The summed E-state index contributed by atoms with van der Waals surface area (Å²) in [5.74, 6) is -0.454. The Labute approximate surface area is 158 Å². The van der Waals surface area contributed by atoms with Crippen LogP contribution in [0, 0.1) is 0 Å². The Hall–Kier alpha value is -3.40. The average Bonchev–Trinajstić information content (AvgIpc) is 2.72. The van der Waals surface area contributed by atoms with Crippen LogP contribution in [0.4, 0.5) is 0 Å². The minimum atomic E-state index is -0.367. The second-order valence-electron chi connectivity index (χ2n) is 6.25. The van der Waals surface area contributed by atoms with Crippen LogP contribution in [0.1, 0.15) is 28.4 Å². The molecule has 3 aromatic carbocycles. The van der Waals surface area contributed by atoms with Crippen LogP contribution in [-0.2, 0) is 22.7 Å². The Morgan fingerprint density at radius 2 is 1.37 bits per heavy atom. The number of rotatable bonds is 6. The van der Waals surface area contributed by atoms with E-state index in [1.807, 2.05) is 42.5 Å². The van der Waals surface area contributed by atoms with Gasteiger partial charge in [-0.05, 0) is 34.4 Å². The average molecular weight is 359 g/mol. The number of ether oxygens (including phenoxy) is 1. The molecule has 0 radical (unpaired) electrons. The van der Waals surface area contributed by atoms with E-state index in [0.29, 0.717) is 12.1 Å². The van der Waals surface area contributed by atoms with Gasteiger partial charge >= 0.3 is 5.97 Å². The Balaban J connectivity index is 1.55. The maximum Gasteiger partial charge on any atom is 0.338 e. The van der Waals surface area contributed by atoms with E-state index in [2.05, 4.69) is 17.4 Å². The molecule has 0 bridgehead atoms. The topological polar surface area (TPSA) is 55.4 Å². The van der Waals surface area contributed by atoms with Crippen molar-refractivity contribution >= 4 is 11.9 Å². The molecule has 3 rings (SSSR count). The molecule has 0 aliphatic rings. The van der Waals surface area contributed by atoms with Gasteiger partial charge in [-0.2, -0.15) is 0 Å². The van der Waals surface area contributed by atoms with Gasteiger partial charge < -0.3 is 10.1 Å². The van der Waals surface area contributed by atoms with E-state index in [-0.39, 0.29) is 18.5 Å². The highest BCUT2D eigenvalue weighted by Crippen LogP contribution is 2.19. The molecule has 1 N–H and O–H groups in total. The van der Waals surface area contributed by atoms with E-state index < -0.39 is 0 Å². The molecule has 0 aliphatic carbocycles. The van der Waals surface area contributed by atoms with Crippen molar-refractivity contribution in [3.8, 4) is 11.1 Å². The predicted molar refractivity (Wildman–Crippen MR) is 105 cm³/mol. The zero-order valence-electron chi connectivity index (χ0n) is 15.1. The van der Waals surface area contributed by atoms with Crippen LogP contribution in [0.3, 0.4) is 0 Å². The zero-order chi connectivity index (χ0) is 19.1.